The van der Waals surface area contributed by atoms with E-state index in [-0.39, 0.29) is 5.91 Å². The molecule has 0 atom stereocenters. The van der Waals surface area contributed by atoms with Crippen molar-refractivity contribution in [3.8, 4) is 0 Å². The maximum Gasteiger partial charge on any atom is 0.312 e. The molecule has 4 N–H and O–H groups in total. The van der Waals surface area contributed by atoms with Gasteiger partial charge in [0.05, 0.1) is 5.69 Å². The molecule has 2 rings (SSSR count). The lowest BCUT2D eigenvalue weighted by Crippen LogP contribution is -2.28. The van der Waals surface area contributed by atoms with Crippen LogP contribution in [0.3, 0.4) is 0 Å². The molecule has 0 aliphatic heterocycles. The Bertz CT molecular complexity index is 672. The number of aryl methyl sites for hydroxylation is 2. The highest BCUT2D eigenvalue weighted by Crippen LogP contribution is 2.12. The topological polar surface area (TPSA) is 110 Å². The van der Waals surface area contributed by atoms with E-state index in [2.05, 4.69) is 15.8 Å². The van der Waals surface area contributed by atoms with Crippen LogP contribution in [0.25, 0.3) is 0 Å². The molecule has 0 unspecified atom stereocenters. The summed E-state index contributed by atoms with van der Waals surface area (Å²) in [5, 5.41) is 9.24. The number of hydrogen-bond acceptors (Lipinski definition) is 4. The molecule has 0 aliphatic carbocycles. The van der Waals surface area contributed by atoms with Crippen molar-refractivity contribution in [1.29, 1.82) is 0 Å². The smallest absolute Gasteiger partial charge is 0.312 e. The van der Waals surface area contributed by atoms with Gasteiger partial charge in [-0.25, -0.2) is 4.79 Å². The first-order chi connectivity index (χ1) is 11.0. The van der Waals surface area contributed by atoms with Crippen molar-refractivity contribution in [2.45, 2.75) is 26.8 Å². The Morgan fingerprint density at radius 1 is 1.17 bits per heavy atom. The van der Waals surface area contributed by atoms with Crippen LogP contribution in [-0.2, 0) is 13.0 Å². The minimum absolute atomic E-state index is 0.147. The van der Waals surface area contributed by atoms with Crippen molar-refractivity contribution in [3.63, 3.8) is 0 Å². The minimum Gasteiger partial charge on any atom is -0.361 e. The van der Waals surface area contributed by atoms with E-state index < -0.39 is 6.03 Å². The summed E-state index contributed by atoms with van der Waals surface area (Å²) in [6.45, 7) is 4.58. The normalized spacial score (nSPS) is 10.3. The number of carbonyl (C=O) groups is 2. The summed E-state index contributed by atoms with van der Waals surface area (Å²) >= 11 is 0. The second-order valence-electron chi connectivity index (χ2n) is 5.22. The molecule has 2 aromatic rings. The maximum atomic E-state index is 12.1. The average molecular weight is 316 g/mol. The van der Waals surface area contributed by atoms with E-state index >= 15 is 0 Å². The lowest BCUT2D eigenvalue weighted by molar-refractivity contribution is 0.0954. The predicted molar refractivity (Wildman–Crippen MR) is 84.9 cm³/mol. The third-order valence-corrected chi connectivity index (χ3v) is 3.52. The van der Waals surface area contributed by atoms with Crippen LogP contribution >= 0.6 is 0 Å². The number of benzene rings is 1. The Balaban J connectivity index is 1.85. The van der Waals surface area contributed by atoms with Crippen LogP contribution in [0.5, 0.6) is 0 Å². The maximum absolute atomic E-state index is 12.1. The SMILES string of the molecule is Cc1noc(C)c1CCNC(=O)c1ccc(CNC(N)=O)cc1. The van der Waals surface area contributed by atoms with Crippen LogP contribution in [0.15, 0.2) is 28.8 Å². The standard InChI is InChI=1S/C16H20N4O3/c1-10-14(11(2)23-20-10)7-8-18-15(21)13-5-3-12(4-6-13)9-19-16(17)22/h3-6H,7-9H2,1-2H3,(H,18,21)(H3,17,19,22). The number of nitrogens with zero attached hydrogens (tertiary/aromatic N) is 1. The molecule has 0 radical (unpaired) electrons. The summed E-state index contributed by atoms with van der Waals surface area (Å²) in [4.78, 5) is 22.7. The number of carbonyl (C=O) groups excluding carboxylic acids is 2. The number of nitrogens with two attached hydrogens (primary N) is 1. The molecule has 23 heavy (non-hydrogen) atoms. The molecule has 0 fully saturated rings. The molecule has 0 bridgehead atoms. The minimum atomic E-state index is -0.578. The molecule has 7 nitrogen and oxygen atoms in total. The molecule has 0 aliphatic rings. The van der Waals surface area contributed by atoms with Crippen molar-refractivity contribution in [2.24, 2.45) is 5.73 Å². The Morgan fingerprint density at radius 2 is 1.87 bits per heavy atom. The second-order valence-corrected chi connectivity index (χ2v) is 5.22. The van der Waals surface area contributed by atoms with Crippen molar-refractivity contribution < 1.29 is 14.1 Å². The Kier molecular flexibility index (Phi) is 5.35. The number of nitrogens with one attached hydrogen (secondary N) is 2. The fourth-order valence-corrected chi connectivity index (χ4v) is 2.23. The third kappa shape index (κ3) is 4.57. The van der Waals surface area contributed by atoms with Crippen molar-refractivity contribution >= 4 is 11.9 Å². The van der Waals surface area contributed by atoms with Crippen molar-refractivity contribution in [1.82, 2.24) is 15.8 Å². The Labute approximate surface area is 134 Å². The lowest BCUT2D eigenvalue weighted by atomic mass is 10.1. The zero-order chi connectivity index (χ0) is 16.8. The van der Waals surface area contributed by atoms with Gasteiger partial charge in [-0.15, -0.1) is 0 Å². The van der Waals surface area contributed by atoms with Gasteiger partial charge in [-0.1, -0.05) is 17.3 Å². The van der Waals surface area contributed by atoms with Gasteiger partial charge in [-0.05, 0) is 38.0 Å². The third-order valence-electron chi connectivity index (χ3n) is 3.52. The van der Waals surface area contributed by atoms with Gasteiger partial charge in [-0.3, -0.25) is 4.79 Å². The number of rotatable bonds is 6. The largest absolute Gasteiger partial charge is 0.361 e. The van der Waals surface area contributed by atoms with Gasteiger partial charge in [0.2, 0.25) is 0 Å². The number of urea groups is 1. The van der Waals surface area contributed by atoms with Gasteiger partial charge >= 0.3 is 6.03 Å². The first-order valence-corrected chi connectivity index (χ1v) is 7.29. The fraction of sp³-hybridized carbons (Fsp3) is 0.312. The zero-order valence-corrected chi connectivity index (χ0v) is 13.2. The van der Waals surface area contributed by atoms with E-state index in [0.29, 0.717) is 25.1 Å². The van der Waals surface area contributed by atoms with Crippen molar-refractivity contribution in [2.75, 3.05) is 6.54 Å². The summed E-state index contributed by atoms with van der Waals surface area (Å²) in [7, 11) is 0. The van der Waals surface area contributed by atoms with Crippen LogP contribution in [0.4, 0.5) is 4.79 Å². The average Bonchev–Trinajstić information content (AvgIpc) is 2.85. The number of amides is 3. The first kappa shape index (κ1) is 16.5. The van der Waals surface area contributed by atoms with Gasteiger partial charge in [0.25, 0.3) is 5.91 Å². The first-order valence-electron chi connectivity index (χ1n) is 7.29. The molecule has 1 aromatic carbocycles. The quantitative estimate of drug-likeness (QED) is 0.748. The molecule has 0 saturated heterocycles. The predicted octanol–water partition coefficient (Wildman–Crippen LogP) is 1.43. The summed E-state index contributed by atoms with van der Waals surface area (Å²) in [6.07, 6.45) is 0.674. The summed E-state index contributed by atoms with van der Waals surface area (Å²) in [5.41, 5.74) is 8.32. The molecular formula is C16H20N4O3. The fourth-order valence-electron chi connectivity index (χ4n) is 2.23. The Morgan fingerprint density at radius 3 is 2.43 bits per heavy atom. The molecule has 122 valence electrons. The highest BCUT2D eigenvalue weighted by molar-refractivity contribution is 5.94. The van der Waals surface area contributed by atoms with Gasteiger partial charge in [0.15, 0.2) is 0 Å². The van der Waals surface area contributed by atoms with E-state index in [1.165, 1.54) is 0 Å². The molecule has 0 spiro atoms. The van der Waals surface area contributed by atoms with Crippen LogP contribution < -0.4 is 16.4 Å². The molecule has 7 heteroatoms. The monoisotopic (exact) mass is 316 g/mol. The van der Waals surface area contributed by atoms with E-state index in [9.17, 15) is 9.59 Å². The van der Waals surface area contributed by atoms with Crippen LogP contribution in [-0.4, -0.2) is 23.6 Å². The van der Waals surface area contributed by atoms with Crippen LogP contribution in [0.2, 0.25) is 0 Å². The molecule has 1 heterocycles. The van der Waals surface area contributed by atoms with Crippen LogP contribution in [0.1, 0.15) is 32.9 Å². The van der Waals surface area contributed by atoms with E-state index in [1.54, 1.807) is 24.3 Å². The van der Waals surface area contributed by atoms with E-state index in [0.717, 1.165) is 22.6 Å². The van der Waals surface area contributed by atoms with E-state index in [1.807, 2.05) is 13.8 Å². The van der Waals surface area contributed by atoms with Crippen molar-refractivity contribution in [3.05, 3.63) is 52.4 Å². The van der Waals surface area contributed by atoms with Gasteiger partial charge in [0, 0.05) is 24.2 Å². The highest BCUT2D eigenvalue weighted by Gasteiger charge is 2.10. The highest BCUT2D eigenvalue weighted by atomic mass is 16.5. The molecule has 0 saturated carbocycles. The van der Waals surface area contributed by atoms with Crippen LogP contribution in [0, 0.1) is 13.8 Å². The molecular weight excluding hydrogens is 296 g/mol. The lowest BCUT2D eigenvalue weighted by Gasteiger charge is -2.07. The number of hydrogen-bond donors (Lipinski definition) is 3. The second kappa shape index (κ2) is 7.44. The molecule has 3 amide bonds. The van der Waals surface area contributed by atoms with Gasteiger partial charge < -0.3 is 20.9 Å². The van der Waals surface area contributed by atoms with Gasteiger partial charge in [-0.2, -0.15) is 0 Å². The zero-order valence-electron chi connectivity index (χ0n) is 13.2. The van der Waals surface area contributed by atoms with Gasteiger partial charge in [0.1, 0.15) is 5.76 Å². The van der Waals surface area contributed by atoms with E-state index in [4.69, 9.17) is 10.3 Å². The summed E-state index contributed by atoms with van der Waals surface area (Å²) < 4.78 is 5.09. The summed E-state index contributed by atoms with van der Waals surface area (Å²) in [5.74, 6) is 0.634. The number of primary amides is 1. The summed E-state index contributed by atoms with van der Waals surface area (Å²) in [6, 6.07) is 6.40. The Hall–Kier alpha value is -2.83. The number of aromatic nitrogens is 1. The molecule has 1 aromatic heterocycles.